The molecule has 0 amide bonds. The van der Waals surface area contributed by atoms with Crippen molar-refractivity contribution in [3.05, 3.63) is 24.0 Å². The fraction of sp³-hybridized carbons (Fsp3) is 0.500. The van der Waals surface area contributed by atoms with Crippen molar-refractivity contribution >= 4 is 26.6 Å². The molecule has 1 aromatic carbocycles. The molecule has 1 fully saturated rings. The van der Waals surface area contributed by atoms with E-state index >= 15 is 0 Å². The van der Waals surface area contributed by atoms with E-state index in [1.807, 2.05) is 18.2 Å². The maximum Gasteiger partial charge on any atom is 0.147 e. The largest absolute Gasteiger partial charge is 0.399 e. The average Bonchev–Trinajstić information content (AvgIpc) is 3.12. The summed E-state index contributed by atoms with van der Waals surface area (Å²) in [5, 5.41) is 0. The van der Waals surface area contributed by atoms with Crippen molar-refractivity contribution in [2.24, 2.45) is 0 Å². The summed E-state index contributed by atoms with van der Waals surface area (Å²) in [7, 11) is -2.91. The van der Waals surface area contributed by atoms with Crippen molar-refractivity contribution in [1.29, 1.82) is 0 Å². The van der Waals surface area contributed by atoms with Gasteiger partial charge in [-0.2, -0.15) is 0 Å². The van der Waals surface area contributed by atoms with Gasteiger partial charge in [-0.1, -0.05) is 0 Å². The van der Waals surface area contributed by atoms with Crippen LogP contribution in [0.25, 0.3) is 11.0 Å². The van der Waals surface area contributed by atoms with Gasteiger partial charge >= 0.3 is 0 Å². The molecule has 2 aromatic rings. The van der Waals surface area contributed by atoms with Gasteiger partial charge < -0.3 is 10.3 Å². The first-order valence-corrected chi connectivity index (χ1v) is 8.93. The van der Waals surface area contributed by atoms with Gasteiger partial charge in [-0.3, -0.25) is 0 Å². The van der Waals surface area contributed by atoms with E-state index in [0.29, 0.717) is 24.6 Å². The zero-order valence-corrected chi connectivity index (χ0v) is 12.4. The molecule has 20 heavy (non-hydrogen) atoms. The van der Waals surface area contributed by atoms with Crippen LogP contribution in [0.5, 0.6) is 0 Å². The molecule has 0 atom stereocenters. The highest BCUT2D eigenvalue weighted by molar-refractivity contribution is 7.90. The molecule has 0 bridgehead atoms. The molecule has 1 heterocycles. The second kappa shape index (κ2) is 4.77. The summed E-state index contributed by atoms with van der Waals surface area (Å²) in [6, 6.07) is 5.73. The van der Waals surface area contributed by atoms with Gasteiger partial charge in [0.2, 0.25) is 0 Å². The van der Waals surface area contributed by atoms with Crippen LogP contribution in [0.2, 0.25) is 0 Å². The molecule has 5 nitrogen and oxygen atoms in total. The van der Waals surface area contributed by atoms with E-state index in [0.717, 1.165) is 16.9 Å². The standard InChI is InChI=1S/C14H19N3O2S/c1-20(18,19)8-2-7-17-13-6-5-11(15)9-12(13)16-14(17)10-3-4-10/h5-6,9-10H,2-4,7-8,15H2,1H3. The lowest BCUT2D eigenvalue weighted by molar-refractivity contribution is 0.590. The summed E-state index contributed by atoms with van der Waals surface area (Å²) in [5.41, 5.74) is 8.47. The first-order chi connectivity index (χ1) is 9.44. The fourth-order valence-electron chi connectivity index (χ4n) is 2.54. The third-order valence-corrected chi connectivity index (χ3v) is 4.67. The molecule has 1 saturated carbocycles. The lowest BCUT2D eigenvalue weighted by Gasteiger charge is -2.08. The van der Waals surface area contributed by atoms with E-state index in [1.165, 1.54) is 19.1 Å². The van der Waals surface area contributed by atoms with Crippen molar-refractivity contribution in [2.45, 2.75) is 31.7 Å². The van der Waals surface area contributed by atoms with Crippen molar-refractivity contribution in [2.75, 3.05) is 17.7 Å². The molecule has 1 aliphatic rings. The Morgan fingerprint density at radius 3 is 2.80 bits per heavy atom. The molecule has 0 aliphatic heterocycles. The first kappa shape index (κ1) is 13.4. The number of aryl methyl sites for hydroxylation is 1. The van der Waals surface area contributed by atoms with Gasteiger partial charge in [0.15, 0.2) is 0 Å². The SMILES string of the molecule is CS(=O)(=O)CCCn1c(C2CC2)nc2cc(N)ccc21. The zero-order chi connectivity index (χ0) is 14.3. The number of rotatable bonds is 5. The molecule has 0 saturated heterocycles. The average molecular weight is 293 g/mol. The maximum absolute atomic E-state index is 11.3. The van der Waals surface area contributed by atoms with E-state index in [1.54, 1.807) is 0 Å². The lowest BCUT2D eigenvalue weighted by Crippen LogP contribution is -2.09. The molecule has 2 N–H and O–H groups in total. The topological polar surface area (TPSA) is 78.0 Å². The van der Waals surface area contributed by atoms with Gasteiger partial charge in [-0.15, -0.1) is 0 Å². The second-order valence-corrected chi connectivity index (χ2v) is 7.89. The van der Waals surface area contributed by atoms with Crippen LogP contribution in [0.3, 0.4) is 0 Å². The van der Waals surface area contributed by atoms with Crippen LogP contribution in [-0.2, 0) is 16.4 Å². The fourth-order valence-corrected chi connectivity index (χ4v) is 3.19. The number of nitrogen functional groups attached to an aromatic ring is 1. The quantitative estimate of drug-likeness (QED) is 0.854. The molecule has 0 radical (unpaired) electrons. The number of imidazole rings is 1. The van der Waals surface area contributed by atoms with Crippen LogP contribution in [0, 0.1) is 0 Å². The van der Waals surface area contributed by atoms with E-state index < -0.39 is 9.84 Å². The number of hydrogen-bond acceptors (Lipinski definition) is 4. The van der Waals surface area contributed by atoms with Crippen LogP contribution in [0.15, 0.2) is 18.2 Å². The van der Waals surface area contributed by atoms with E-state index in [-0.39, 0.29) is 5.75 Å². The summed E-state index contributed by atoms with van der Waals surface area (Å²) in [6.07, 6.45) is 4.24. The molecule has 0 spiro atoms. The van der Waals surface area contributed by atoms with Crippen LogP contribution in [0.1, 0.15) is 31.0 Å². The van der Waals surface area contributed by atoms with Gasteiger partial charge in [0.1, 0.15) is 15.7 Å². The van der Waals surface area contributed by atoms with Crippen LogP contribution in [0.4, 0.5) is 5.69 Å². The lowest BCUT2D eigenvalue weighted by atomic mass is 10.3. The van der Waals surface area contributed by atoms with Gasteiger partial charge in [0, 0.05) is 24.4 Å². The van der Waals surface area contributed by atoms with Crippen LogP contribution < -0.4 is 5.73 Å². The minimum Gasteiger partial charge on any atom is -0.399 e. The van der Waals surface area contributed by atoms with Gasteiger partial charge in [0.05, 0.1) is 16.8 Å². The molecule has 3 rings (SSSR count). The zero-order valence-electron chi connectivity index (χ0n) is 11.5. The van der Waals surface area contributed by atoms with Crippen LogP contribution in [-0.4, -0.2) is 30.0 Å². The number of anilines is 1. The number of hydrogen-bond donors (Lipinski definition) is 1. The van der Waals surface area contributed by atoms with E-state index in [2.05, 4.69) is 9.55 Å². The number of sulfone groups is 1. The first-order valence-electron chi connectivity index (χ1n) is 6.87. The molecular weight excluding hydrogens is 274 g/mol. The van der Waals surface area contributed by atoms with Gasteiger partial charge in [0.25, 0.3) is 0 Å². The van der Waals surface area contributed by atoms with Gasteiger partial charge in [-0.05, 0) is 37.5 Å². The number of benzene rings is 1. The molecule has 108 valence electrons. The Labute approximate surface area is 118 Å². The third-order valence-electron chi connectivity index (χ3n) is 3.64. The Balaban J connectivity index is 1.92. The maximum atomic E-state index is 11.3. The number of aromatic nitrogens is 2. The Hall–Kier alpha value is -1.56. The number of fused-ring (bicyclic) bond motifs is 1. The predicted octanol–water partition coefficient (Wildman–Crippen LogP) is 1.93. The molecule has 1 aromatic heterocycles. The van der Waals surface area contributed by atoms with E-state index in [9.17, 15) is 8.42 Å². The summed E-state index contributed by atoms with van der Waals surface area (Å²) in [6.45, 7) is 0.694. The molecule has 6 heteroatoms. The summed E-state index contributed by atoms with van der Waals surface area (Å²) < 4.78 is 24.7. The Morgan fingerprint density at radius 2 is 2.15 bits per heavy atom. The Morgan fingerprint density at radius 1 is 1.40 bits per heavy atom. The number of nitrogens with zero attached hydrogens (tertiary/aromatic N) is 2. The van der Waals surface area contributed by atoms with Crippen molar-refractivity contribution in [3.8, 4) is 0 Å². The normalized spacial score (nSPS) is 15.8. The smallest absolute Gasteiger partial charge is 0.147 e. The monoisotopic (exact) mass is 293 g/mol. The summed E-state index contributed by atoms with van der Waals surface area (Å²) >= 11 is 0. The summed E-state index contributed by atoms with van der Waals surface area (Å²) in [4.78, 5) is 4.68. The third kappa shape index (κ3) is 2.80. The van der Waals surface area contributed by atoms with Crippen molar-refractivity contribution in [1.82, 2.24) is 9.55 Å². The van der Waals surface area contributed by atoms with Crippen LogP contribution >= 0.6 is 0 Å². The number of nitrogens with two attached hydrogens (primary N) is 1. The van der Waals surface area contributed by atoms with Crippen molar-refractivity contribution in [3.63, 3.8) is 0 Å². The molecule has 1 aliphatic carbocycles. The molecular formula is C14H19N3O2S. The minimum absolute atomic E-state index is 0.214. The highest BCUT2D eigenvalue weighted by Gasteiger charge is 2.29. The second-order valence-electron chi connectivity index (χ2n) is 5.63. The predicted molar refractivity (Wildman–Crippen MR) is 80.4 cm³/mol. The summed E-state index contributed by atoms with van der Waals surface area (Å²) in [5.74, 6) is 1.83. The van der Waals surface area contributed by atoms with Gasteiger partial charge in [-0.25, -0.2) is 13.4 Å². The van der Waals surface area contributed by atoms with Crippen molar-refractivity contribution < 1.29 is 8.42 Å². The Kier molecular flexibility index (Phi) is 3.20. The minimum atomic E-state index is -2.91. The van der Waals surface area contributed by atoms with E-state index in [4.69, 9.17) is 5.73 Å². The molecule has 0 unspecified atom stereocenters. The highest BCUT2D eigenvalue weighted by atomic mass is 32.2. The highest BCUT2D eigenvalue weighted by Crippen LogP contribution is 2.40. The Bertz CT molecular complexity index is 745.